The molecule has 0 aliphatic carbocycles. The Kier molecular flexibility index (Phi) is 4.20. The topological polar surface area (TPSA) is 54.9 Å². The van der Waals surface area contributed by atoms with E-state index in [1.165, 1.54) is 6.20 Å². The van der Waals surface area contributed by atoms with E-state index >= 15 is 0 Å². The molecule has 8 heteroatoms. The van der Waals surface area contributed by atoms with E-state index in [4.69, 9.17) is 0 Å². The molecule has 98 valence electrons. The van der Waals surface area contributed by atoms with Gasteiger partial charge in [-0.2, -0.15) is 0 Å². The van der Waals surface area contributed by atoms with Crippen LogP contribution in [0.15, 0.2) is 33.6 Å². The quantitative estimate of drug-likeness (QED) is 0.850. The zero-order valence-corrected chi connectivity index (χ0v) is 12.3. The van der Waals surface area contributed by atoms with Gasteiger partial charge in [-0.1, -0.05) is 0 Å². The lowest BCUT2D eigenvalue weighted by Gasteiger charge is -2.06. The Morgan fingerprint density at radius 1 is 1.16 bits per heavy atom. The monoisotopic (exact) mass is 391 g/mol. The molecule has 0 saturated carbocycles. The third kappa shape index (κ3) is 3.54. The maximum absolute atomic E-state index is 13.0. The molecule has 0 aliphatic heterocycles. The first-order valence-corrected chi connectivity index (χ1v) is 6.50. The third-order valence-electron chi connectivity index (χ3n) is 2.06. The van der Waals surface area contributed by atoms with Crippen LogP contribution in [0.5, 0.6) is 0 Å². The van der Waals surface area contributed by atoms with Crippen molar-refractivity contribution in [1.82, 2.24) is 9.97 Å². The Hall–Kier alpha value is -1.41. The lowest BCUT2D eigenvalue weighted by atomic mass is 10.2. The van der Waals surface area contributed by atoms with E-state index in [2.05, 4.69) is 47.1 Å². The Labute approximate surface area is 123 Å². The van der Waals surface area contributed by atoms with Gasteiger partial charge in [-0.25, -0.2) is 18.7 Å². The molecular weight excluding hydrogens is 388 g/mol. The number of carbonyl (C=O) groups is 1. The molecule has 0 bridgehead atoms. The van der Waals surface area contributed by atoms with Gasteiger partial charge < -0.3 is 5.32 Å². The highest BCUT2D eigenvalue weighted by Gasteiger charge is 2.12. The van der Waals surface area contributed by atoms with Crippen molar-refractivity contribution in [2.45, 2.75) is 0 Å². The molecule has 0 spiro atoms. The van der Waals surface area contributed by atoms with E-state index in [1.807, 2.05) is 0 Å². The van der Waals surface area contributed by atoms with Crippen LogP contribution in [0.2, 0.25) is 0 Å². The Morgan fingerprint density at radius 3 is 2.37 bits per heavy atom. The van der Waals surface area contributed by atoms with Gasteiger partial charge in [-0.15, -0.1) is 0 Å². The number of halogens is 4. The van der Waals surface area contributed by atoms with Gasteiger partial charge in [0.2, 0.25) is 0 Å². The van der Waals surface area contributed by atoms with Gasteiger partial charge in [0.1, 0.15) is 20.8 Å². The second-order valence-corrected chi connectivity index (χ2v) is 5.01. The standard InChI is InChI=1S/C11H5Br2F2N3O/c12-8-4-16-10(9(13)17-8)18-11(19)5-1-6(14)3-7(15)2-5/h1-4H,(H,16,18,19). The number of aromatic nitrogens is 2. The summed E-state index contributed by atoms with van der Waals surface area (Å²) in [6.45, 7) is 0. The second-order valence-electron chi connectivity index (χ2n) is 3.44. The summed E-state index contributed by atoms with van der Waals surface area (Å²) in [5.74, 6) is -2.19. The molecular formula is C11H5Br2F2N3O. The summed E-state index contributed by atoms with van der Waals surface area (Å²) in [5.41, 5.74) is -0.144. The summed E-state index contributed by atoms with van der Waals surface area (Å²) < 4.78 is 26.8. The zero-order valence-electron chi connectivity index (χ0n) is 9.12. The molecule has 1 aromatic heterocycles. The molecule has 1 aromatic carbocycles. The molecule has 0 saturated heterocycles. The SMILES string of the molecule is O=C(Nc1ncc(Br)nc1Br)c1cc(F)cc(F)c1. The number of anilines is 1. The molecule has 2 rings (SSSR count). The number of hydrogen-bond acceptors (Lipinski definition) is 3. The van der Waals surface area contributed by atoms with Crippen molar-refractivity contribution in [2.24, 2.45) is 0 Å². The summed E-state index contributed by atoms with van der Waals surface area (Å²) in [6.07, 6.45) is 1.38. The first-order valence-electron chi connectivity index (χ1n) is 4.91. The number of rotatable bonds is 2. The van der Waals surface area contributed by atoms with Crippen LogP contribution in [-0.2, 0) is 0 Å². The normalized spacial score (nSPS) is 10.3. The highest BCUT2D eigenvalue weighted by molar-refractivity contribution is 9.11. The van der Waals surface area contributed by atoms with Crippen LogP contribution in [0.1, 0.15) is 10.4 Å². The highest BCUT2D eigenvalue weighted by atomic mass is 79.9. The number of benzene rings is 1. The maximum Gasteiger partial charge on any atom is 0.257 e. The van der Waals surface area contributed by atoms with Crippen LogP contribution in [0.3, 0.4) is 0 Å². The zero-order chi connectivity index (χ0) is 14.0. The van der Waals surface area contributed by atoms with Crippen LogP contribution in [0, 0.1) is 11.6 Å². The van der Waals surface area contributed by atoms with E-state index in [0.29, 0.717) is 15.3 Å². The predicted octanol–water partition coefficient (Wildman–Crippen LogP) is 3.53. The number of nitrogens with zero attached hydrogens (tertiary/aromatic N) is 2. The molecule has 4 nitrogen and oxygen atoms in total. The first-order chi connectivity index (χ1) is 8.95. The second kappa shape index (κ2) is 5.70. The van der Waals surface area contributed by atoms with Gasteiger partial charge in [0, 0.05) is 11.6 Å². The summed E-state index contributed by atoms with van der Waals surface area (Å²) in [6, 6.07) is 2.54. The van der Waals surface area contributed by atoms with Crippen LogP contribution in [0.25, 0.3) is 0 Å². The molecule has 0 radical (unpaired) electrons. The van der Waals surface area contributed by atoms with Gasteiger partial charge in [0.15, 0.2) is 5.82 Å². The van der Waals surface area contributed by atoms with Gasteiger partial charge in [-0.05, 0) is 44.0 Å². The summed E-state index contributed by atoms with van der Waals surface area (Å²) in [4.78, 5) is 19.7. The first kappa shape index (κ1) is 14.0. The lowest BCUT2D eigenvalue weighted by molar-refractivity contribution is 0.102. The summed E-state index contributed by atoms with van der Waals surface area (Å²) in [5, 5.41) is 2.39. The van der Waals surface area contributed by atoms with E-state index in [9.17, 15) is 13.6 Å². The number of hydrogen-bond donors (Lipinski definition) is 1. The minimum atomic E-state index is -0.828. The van der Waals surface area contributed by atoms with Crippen LogP contribution >= 0.6 is 31.9 Å². The molecule has 2 aromatic rings. The van der Waals surface area contributed by atoms with E-state index < -0.39 is 17.5 Å². The Morgan fingerprint density at radius 2 is 1.79 bits per heavy atom. The lowest BCUT2D eigenvalue weighted by Crippen LogP contribution is -2.14. The smallest absolute Gasteiger partial charge is 0.257 e. The molecule has 0 aliphatic rings. The van der Waals surface area contributed by atoms with Crippen molar-refractivity contribution >= 4 is 43.6 Å². The predicted molar refractivity (Wildman–Crippen MR) is 71.7 cm³/mol. The van der Waals surface area contributed by atoms with E-state index in [1.54, 1.807) is 0 Å². The highest BCUT2D eigenvalue weighted by Crippen LogP contribution is 2.20. The average molecular weight is 393 g/mol. The molecule has 0 unspecified atom stereocenters. The van der Waals surface area contributed by atoms with Crippen molar-refractivity contribution in [3.63, 3.8) is 0 Å². The average Bonchev–Trinajstić information content (AvgIpc) is 2.31. The minimum absolute atomic E-state index is 0.144. The van der Waals surface area contributed by atoms with Gasteiger partial charge in [-0.3, -0.25) is 4.79 Å². The third-order valence-corrected chi connectivity index (χ3v) is 2.99. The minimum Gasteiger partial charge on any atom is -0.304 e. The molecule has 1 amide bonds. The van der Waals surface area contributed by atoms with Crippen molar-refractivity contribution in [2.75, 3.05) is 5.32 Å². The van der Waals surface area contributed by atoms with E-state index in [-0.39, 0.29) is 11.4 Å². The Balaban J connectivity index is 2.25. The Bertz CT molecular complexity index is 632. The molecule has 0 fully saturated rings. The van der Waals surface area contributed by atoms with Crippen LogP contribution in [0.4, 0.5) is 14.6 Å². The molecule has 0 atom stereocenters. The number of nitrogens with one attached hydrogen (secondary N) is 1. The fourth-order valence-corrected chi connectivity index (χ4v) is 2.21. The van der Waals surface area contributed by atoms with Crippen molar-refractivity contribution < 1.29 is 13.6 Å². The van der Waals surface area contributed by atoms with Crippen molar-refractivity contribution in [3.8, 4) is 0 Å². The number of amides is 1. The summed E-state index contributed by atoms with van der Waals surface area (Å²) >= 11 is 6.22. The van der Waals surface area contributed by atoms with Crippen molar-refractivity contribution in [3.05, 3.63) is 50.8 Å². The molecule has 1 N–H and O–H groups in total. The van der Waals surface area contributed by atoms with Crippen LogP contribution in [-0.4, -0.2) is 15.9 Å². The van der Waals surface area contributed by atoms with Crippen molar-refractivity contribution in [1.29, 1.82) is 0 Å². The fraction of sp³-hybridized carbons (Fsp3) is 0. The van der Waals surface area contributed by atoms with Gasteiger partial charge in [0.25, 0.3) is 5.91 Å². The molecule has 19 heavy (non-hydrogen) atoms. The van der Waals surface area contributed by atoms with Gasteiger partial charge >= 0.3 is 0 Å². The van der Waals surface area contributed by atoms with Gasteiger partial charge in [0.05, 0.1) is 6.20 Å². The summed E-state index contributed by atoms with van der Waals surface area (Å²) in [7, 11) is 0. The number of carbonyl (C=O) groups excluding carboxylic acids is 1. The van der Waals surface area contributed by atoms with Crippen LogP contribution < -0.4 is 5.32 Å². The fourth-order valence-electron chi connectivity index (χ4n) is 1.30. The molecule has 1 heterocycles. The largest absolute Gasteiger partial charge is 0.304 e. The maximum atomic E-state index is 13.0. The van der Waals surface area contributed by atoms with E-state index in [0.717, 1.165) is 12.1 Å².